The van der Waals surface area contributed by atoms with Crippen molar-refractivity contribution in [2.75, 3.05) is 33.3 Å². The number of rotatable bonds is 3. The number of amides is 1. The van der Waals surface area contributed by atoms with Gasteiger partial charge in [-0.3, -0.25) is 4.79 Å². The van der Waals surface area contributed by atoms with Crippen molar-refractivity contribution in [3.8, 4) is 5.75 Å². The molecule has 2 heterocycles. The molecular weight excluding hydrogens is 325 g/mol. The smallest absolute Gasteiger partial charge is 0.406 e. The largest absolute Gasteiger partial charge is 0.573 e. The predicted octanol–water partition coefficient (Wildman–Crippen LogP) is 1.72. The first-order valence-electron chi connectivity index (χ1n) is 7.68. The summed E-state index contributed by atoms with van der Waals surface area (Å²) in [6.07, 6.45) is -3.89. The van der Waals surface area contributed by atoms with E-state index in [2.05, 4.69) is 9.64 Å². The van der Waals surface area contributed by atoms with Gasteiger partial charge in [0.25, 0.3) is 5.91 Å². The highest BCUT2D eigenvalue weighted by Gasteiger charge is 2.51. The molecule has 0 saturated carbocycles. The summed E-state index contributed by atoms with van der Waals surface area (Å²) in [6, 6.07) is 5.08. The molecule has 0 aliphatic carbocycles. The second-order valence-corrected chi connectivity index (χ2v) is 6.69. The standard InChI is InChI=1S/C16H19F3N2O3/c1-20-8-15(6-12(20)7-22)9-21(10-15)14(23)11-2-4-13(5-3-11)24-16(17,18)19/h2-5,12,22H,6-10H2,1H3. The van der Waals surface area contributed by atoms with Crippen molar-refractivity contribution in [2.24, 2.45) is 5.41 Å². The SMILES string of the molecule is CN1CC2(CC1CO)CN(C(=O)c1ccc(OC(F)(F)F)cc1)C2. The number of aliphatic hydroxyl groups excluding tert-OH is 1. The normalized spacial score (nSPS) is 23.4. The van der Waals surface area contributed by atoms with Crippen LogP contribution >= 0.6 is 0 Å². The third-order valence-corrected chi connectivity index (χ3v) is 4.76. The third kappa shape index (κ3) is 3.34. The van der Waals surface area contributed by atoms with Gasteiger partial charge in [0.05, 0.1) is 6.61 Å². The summed E-state index contributed by atoms with van der Waals surface area (Å²) >= 11 is 0. The fourth-order valence-electron chi connectivity index (χ4n) is 3.70. The highest BCUT2D eigenvalue weighted by atomic mass is 19.4. The Morgan fingerprint density at radius 2 is 1.92 bits per heavy atom. The van der Waals surface area contributed by atoms with Gasteiger partial charge in [-0.2, -0.15) is 0 Å². The second-order valence-electron chi connectivity index (χ2n) is 6.69. The number of carbonyl (C=O) groups excluding carboxylic acids is 1. The zero-order chi connectivity index (χ0) is 17.5. The number of carbonyl (C=O) groups is 1. The number of halogens is 3. The van der Waals surface area contributed by atoms with Crippen molar-refractivity contribution in [3.63, 3.8) is 0 Å². The molecule has 24 heavy (non-hydrogen) atoms. The lowest BCUT2D eigenvalue weighted by atomic mass is 9.77. The van der Waals surface area contributed by atoms with E-state index in [1.807, 2.05) is 7.05 Å². The zero-order valence-electron chi connectivity index (χ0n) is 13.2. The third-order valence-electron chi connectivity index (χ3n) is 4.76. The fourth-order valence-corrected chi connectivity index (χ4v) is 3.70. The monoisotopic (exact) mass is 344 g/mol. The van der Waals surface area contributed by atoms with Gasteiger partial charge in [-0.05, 0) is 37.7 Å². The number of likely N-dealkylation sites (N-methyl/N-ethyl adjacent to an activating group) is 1. The first-order chi connectivity index (χ1) is 11.2. The number of hydrogen-bond donors (Lipinski definition) is 1. The van der Waals surface area contributed by atoms with E-state index in [0.717, 1.165) is 25.1 Å². The minimum Gasteiger partial charge on any atom is -0.406 e. The molecule has 1 N–H and O–H groups in total. The van der Waals surface area contributed by atoms with Crippen LogP contribution in [-0.4, -0.2) is 66.5 Å². The maximum absolute atomic E-state index is 12.4. The summed E-state index contributed by atoms with van der Waals surface area (Å²) in [6.45, 7) is 2.15. The maximum atomic E-state index is 12.4. The number of nitrogens with zero attached hydrogens (tertiary/aromatic N) is 2. The van der Waals surface area contributed by atoms with E-state index in [0.29, 0.717) is 18.7 Å². The predicted molar refractivity (Wildman–Crippen MR) is 79.6 cm³/mol. The van der Waals surface area contributed by atoms with Crippen molar-refractivity contribution in [1.82, 2.24) is 9.80 Å². The Labute approximate surface area is 137 Å². The summed E-state index contributed by atoms with van der Waals surface area (Å²) in [5.74, 6) is -0.545. The molecule has 2 fully saturated rings. The summed E-state index contributed by atoms with van der Waals surface area (Å²) in [5.41, 5.74) is 0.362. The second kappa shape index (κ2) is 5.93. The van der Waals surface area contributed by atoms with E-state index < -0.39 is 6.36 Å². The number of likely N-dealkylation sites (tertiary alicyclic amines) is 2. The number of aliphatic hydroxyl groups is 1. The number of hydrogen-bond acceptors (Lipinski definition) is 4. The zero-order valence-corrected chi connectivity index (χ0v) is 13.2. The molecule has 1 aromatic carbocycles. The van der Waals surface area contributed by atoms with Crippen LogP contribution in [0.15, 0.2) is 24.3 Å². The van der Waals surface area contributed by atoms with E-state index >= 15 is 0 Å². The summed E-state index contributed by atoms with van der Waals surface area (Å²) in [7, 11) is 1.96. The summed E-state index contributed by atoms with van der Waals surface area (Å²) < 4.78 is 40.2. The molecule has 1 amide bonds. The van der Waals surface area contributed by atoms with Crippen LogP contribution in [0, 0.1) is 5.41 Å². The molecule has 1 spiro atoms. The average molecular weight is 344 g/mol. The number of ether oxygens (including phenoxy) is 1. The number of benzene rings is 1. The molecule has 1 aromatic rings. The Hall–Kier alpha value is -1.80. The van der Waals surface area contributed by atoms with Crippen LogP contribution in [0.2, 0.25) is 0 Å². The molecule has 2 aliphatic heterocycles. The van der Waals surface area contributed by atoms with Gasteiger partial charge < -0.3 is 19.6 Å². The summed E-state index contributed by atoms with van der Waals surface area (Å²) in [5, 5.41) is 9.33. The molecule has 3 rings (SSSR count). The van der Waals surface area contributed by atoms with E-state index in [1.54, 1.807) is 4.90 Å². The average Bonchev–Trinajstić information content (AvgIpc) is 2.81. The van der Waals surface area contributed by atoms with Crippen LogP contribution in [-0.2, 0) is 0 Å². The Kier molecular flexibility index (Phi) is 4.21. The molecular formula is C16H19F3N2O3. The van der Waals surface area contributed by atoms with E-state index in [1.165, 1.54) is 12.1 Å². The quantitative estimate of drug-likeness (QED) is 0.907. The highest BCUT2D eigenvalue weighted by molar-refractivity contribution is 5.95. The van der Waals surface area contributed by atoms with Crippen molar-refractivity contribution in [2.45, 2.75) is 18.8 Å². The molecule has 1 unspecified atom stereocenters. The molecule has 0 aromatic heterocycles. The lowest BCUT2D eigenvalue weighted by molar-refractivity contribution is -0.274. The van der Waals surface area contributed by atoms with Gasteiger partial charge in [-0.15, -0.1) is 13.2 Å². The Morgan fingerprint density at radius 3 is 2.42 bits per heavy atom. The van der Waals surface area contributed by atoms with Crippen LogP contribution in [0.5, 0.6) is 5.75 Å². The Morgan fingerprint density at radius 1 is 1.29 bits per heavy atom. The molecule has 2 saturated heterocycles. The molecule has 1 atom stereocenters. The molecule has 0 radical (unpaired) electrons. The maximum Gasteiger partial charge on any atom is 0.573 e. The first kappa shape index (κ1) is 17.0. The van der Waals surface area contributed by atoms with Crippen molar-refractivity contribution >= 4 is 5.91 Å². The Balaban J connectivity index is 1.59. The van der Waals surface area contributed by atoms with Gasteiger partial charge >= 0.3 is 6.36 Å². The van der Waals surface area contributed by atoms with Crippen molar-refractivity contribution < 1.29 is 27.8 Å². The minimum absolute atomic E-state index is 0.0249. The van der Waals surface area contributed by atoms with Crippen molar-refractivity contribution in [1.29, 1.82) is 0 Å². The van der Waals surface area contributed by atoms with Gasteiger partial charge in [0, 0.05) is 36.7 Å². The Bertz CT molecular complexity index is 612. The van der Waals surface area contributed by atoms with E-state index in [9.17, 15) is 23.1 Å². The minimum atomic E-state index is -4.74. The van der Waals surface area contributed by atoms with Crippen molar-refractivity contribution in [3.05, 3.63) is 29.8 Å². The van der Waals surface area contributed by atoms with Crippen LogP contribution in [0.4, 0.5) is 13.2 Å². The van der Waals surface area contributed by atoms with Gasteiger partial charge in [0.15, 0.2) is 0 Å². The van der Waals surface area contributed by atoms with E-state index in [-0.39, 0.29) is 29.7 Å². The molecule has 5 nitrogen and oxygen atoms in total. The fraction of sp³-hybridized carbons (Fsp3) is 0.562. The van der Waals surface area contributed by atoms with Crippen LogP contribution in [0.3, 0.4) is 0 Å². The van der Waals surface area contributed by atoms with E-state index in [4.69, 9.17) is 0 Å². The molecule has 132 valence electrons. The van der Waals surface area contributed by atoms with Crippen LogP contribution in [0.1, 0.15) is 16.8 Å². The highest BCUT2D eigenvalue weighted by Crippen LogP contribution is 2.42. The van der Waals surface area contributed by atoms with Gasteiger partial charge in [-0.1, -0.05) is 0 Å². The summed E-state index contributed by atoms with van der Waals surface area (Å²) in [4.78, 5) is 16.2. The lowest BCUT2D eigenvalue weighted by Gasteiger charge is -2.48. The molecule has 8 heteroatoms. The van der Waals surface area contributed by atoms with Gasteiger partial charge in [-0.25, -0.2) is 0 Å². The van der Waals surface area contributed by atoms with Gasteiger partial charge in [0.1, 0.15) is 5.75 Å². The van der Waals surface area contributed by atoms with Gasteiger partial charge in [0.2, 0.25) is 0 Å². The first-order valence-corrected chi connectivity index (χ1v) is 7.68. The lowest BCUT2D eigenvalue weighted by Crippen LogP contribution is -2.59. The number of alkyl halides is 3. The molecule has 0 bridgehead atoms. The molecule has 2 aliphatic rings. The topological polar surface area (TPSA) is 53.0 Å². The van der Waals surface area contributed by atoms with Crippen LogP contribution < -0.4 is 4.74 Å². The van der Waals surface area contributed by atoms with Crippen LogP contribution in [0.25, 0.3) is 0 Å².